The Bertz CT molecular complexity index is 1180. The van der Waals surface area contributed by atoms with Crippen LogP contribution in [0.4, 0.5) is 5.95 Å². The van der Waals surface area contributed by atoms with Crippen molar-refractivity contribution in [2.24, 2.45) is 5.41 Å². The van der Waals surface area contributed by atoms with E-state index in [2.05, 4.69) is 22.2 Å². The molecular weight excluding hydrogens is 438 g/mol. The molecular formula is C24H27N5O3S. The van der Waals surface area contributed by atoms with E-state index in [0.717, 1.165) is 48.1 Å². The number of likely N-dealkylation sites (N-methyl/N-ethyl adjacent to an activating group) is 1. The highest BCUT2D eigenvalue weighted by Gasteiger charge is 2.45. The zero-order chi connectivity index (χ0) is 23.1. The summed E-state index contributed by atoms with van der Waals surface area (Å²) in [6.07, 6.45) is 3.14. The van der Waals surface area contributed by atoms with Crippen LogP contribution >= 0.6 is 11.3 Å². The molecule has 2 aromatic heterocycles. The quantitative estimate of drug-likeness (QED) is 0.577. The second-order valence-electron chi connectivity index (χ2n) is 9.19. The number of anilines is 1. The molecule has 0 aliphatic carbocycles. The van der Waals surface area contributed by atoms with E-state index < -0.39 is 5.60 Å². The maximum atomic E-state index is 12.5. The molecule has 2 aliphatic rings. The van der Waals surface area contributed by atoms with Crippen molar-refractivity contribution in [3.63, 3.8) is 0 Å². The van der Waals surface area contributed by atoms with Gasteiger partial charge in [0.15, 0.2) is 5.60 Å². The van der Waals surface area contributed by atoms with Gasteiger partial charge >= 0.3 is 0 Å². The van der Waals surface area contributed by atoms with Crippen molar-refractivity contribution >= 4 is 23.2 Å². The largest absolute Gasteiger partial charge is 0.381 e. The van der Waals surface area contributed by atoms with Crippen LogP contribution in [-0.4, -0.2) is 64.2 Å². The summed E-state index contributed by atoms with van der Waals surface area (Å²) >= 11 is 1.50. The Morgan fingerprint density at radius 1 is 1.24 bits per heavy atom. The smallest absolute Gasteiger partial charge is 0.258 e. The Labute approximate surface area is 196 Å². The summed E-state index contributed by atoms with van der Waals surface area (Å²) in [7, 11) is 1.71. The van der Waals surface area contributed by atoms with Crippen LogP contribution < -0.4 is 5.32 Å². The van der Waals surface area contributed by atoms with Crippen LogP contribution in [0.5, 0.6) is 0 Å². The van der Waals surface area contributed by atoms with Gasteiger partial charge in [-0.15, -0.1) is 11.3 Å². The second kappa shape index (κ2) is 8.48. The molecule has 0 spiro atoms. The van der Waals surface area contributed by atoms with Crippen molar-refractivity contribution in [2.45, 2.75) is 25.4 Å². The van der Waals surface area contributed by atoms with Gasteiger partial charge in [-0.05, 0) is 24.1 Å². The van der Waals surface area contributed by atoms with Gasteiger partial charge in [-0.3, -0.25) is 4.79 Å². The Morgan fingerprint density at radius 2 is 2.12 bits per heavy atom. The van der Waals surface area contributed by atoms with Gasteiger partial charge in [0.05, 0.1) is 12.3 Å². The Kier molecular flexibility index (Phi) is 5.64. The van der Waals surface area contributed by atoms with Gasteiger partial charge in [0.25, 0.3) is 5.91 Å². The topological polar surface area (TPSA) is 100 Å². The van der Waals surface area contributed by atoms with E-state index in [1.165, 1.54) is 11.3 Å². The minimum atomic E-state index is -1.47. The third-order valence-corrected chi connectivity index (χ3v) is 7.38. The minimum absolute atomic E-state index is 0.0950. The third-order valence-electron chi connectivity index (χ3n) is 6.49. The SMILES string of the molecule is CN1CC[C@@](O)(c2cccc(-c3nc(-c4ccnc(NC[C@@]5(C)CCOC5)n4)cs3)c2)C1=O. The van der Waals surface area contributed by atoms with Crippen molar-refractivity contribution < 1.29 is 14.6 Å². The first-order valence-electron chi connectivity index (χ1n) is 11.1. The highest BCUT2D eigenvalue weighted by Crippen LogP contribution is 2.36. The van der Waals surface area contributed by atoms with E-state index in [4.69, 9.17) is 9.72 Å². The molecule has 0 bridgehead atoms. The van der Waals surface area contributed by atoms with E-state index in [0.29, 0.717) is 24.5 Å². The fourth-order valence-corrected chi connectivity index (χ4v) is 5.09. The molecule has 9 heteroatoms. The second-order valence-corrected chi connectivity index (χ2v) is 10.0. The lowest BCUT2D eigenvalue weighted by atomic mass is 9.90. The molecule has 2 atom stereocenters. The maximum Gasteiger partial charge on any atom is 0.258 e. The summed E-state index contributed by atoms with van der Waals surface area (Å²) in [5.41, 5.74) is 1.59. The highest BCUT2D eigenvalue weighted by molar-refractivity contribution is 7.13. The fourth-order valence-electron chi connectivity index (χ4n) is 4.28. The van der Waals surface area contributed by atoms with Crippen LogP contribution in [0, 0.1) is 5.41 Å². The molecule has 1 amide bonds. The number of amides is 1. The van der Waals surface area contributed by atoms with Gasteiger partial charge in [-0.2, -0.15) is 0 Å². The van der Waals surface area contributed by atoms with Gasteiger partial charge in [-0.1, -0.05) is 25.1 Å². The molecule has 5 rings (SSSR count). The first kappa shape index (κ1) is 21.9. The maximum absolute atomic E-state index is 12.5. The number of likely N-dealkylation sites (tertiary alicyclic amines) is 1. The van der Waals surface area contributed by atoms with Crippen LogP contribution in [0.3, 0.4) is 0 Å². The zero-order valence-corrected chi connectivity index (χ0v) is 19.6. The normalized spacial score (nSPS) is 25.1. The Hall–Kier alpha value is -2.88. The van der Waals surface area contributed by atoms with Gasteiger partial charge in [-0.25, -0.2) is 15.0 Å². The lowest BCUT2D eigenvalue weighted by Crippen LogP contribution is -2.36. The summed E-state index contributed by atoms with van der Waals surface area (Å²) in [5.74, 6) is 0.307. The number of hydrogen-bond acceptors (Lipinski definition) is 8. The monoisotopic (exact) mass is 465 g/mol. The number of aliphatic hydroxyl groups is 1. The van der Waals surface area contributed by atoms with Crippen molar-refractivity contribution in [1.82, 2.24) is 19.9 Å². The average Bonchev–Trinajstić information content (AvgIpc) is 3.56. The number of thiazole rings is 1. The van der Waals surface area contributed by atoms with Gasteiger partial charge in [0.1, 0.15) is 10.7 Å². The molecule has 0 radical (unpaired) electrons. The summed E-state index contributed by atoms with van der Waals surface area (Å²) in [5, 5.41) is 17.1. The predicted molar refractivity (Wildman–Crippen MR) is 127 cm³/mol. The third kappa shape index (κ3) is 4.23. The number of hydrogen-bond donors (Lipinski definition) is 2. The first-order chi connectivity index (χ1) is 15.9. The van der Waals surface area contributed by atoms with E-state index >= 15 is 0 Å². The number of benzene rings is 1. The molecule has 4 heterocycles. The number of rotatable bonds is 6. The molecule has 2 saturated heterocycles. The molecule has 8 nitrogen and oxygen atoms in total. The van der Waals surface area contributed by atoms with Gasteiger partial charge in [0, 0.05) is 55.7 Å². The van der Waals surface area contributed by atoms with Crippen LogP contribution in [0.25, 0.3) is 22.0 Å². The molecule has 2 N–H and O–H groups in total. The molecule has 3 aromatic rings. The number of carbonyl (C=O) groups excluding carboxylic acids is 1. The van der Waals surface area contributed by atoms with Crippen molar-refractivity contribution in [3.8, 4) is 22.0 Å². The van der Waals surface area contributed by atoms with Crippen LogP contribution in [0.2, 0.25) is 0 Å². The lowest BCUT2D eigenvalue weighted by molar-refractivity contribution is -0.143. The molecule has 0 unspecified atom stereocenters. The average molecular weight is 466 g/mol. The van der Waals surface area contributed by atoms with Crippen LogP contribution in [0.1, 0.15) is 25.3 Å². The summed E-state index contributed by atoms with van der Waals surface area (Å²) in [6.45, 7) is 5.03. The van der Waals surface area contributed by atoms with Crippen LogP contribution in [0.15, 0.2) is 41.9 Å². The highest BCUT2D eigenvalue weighted by atomic mass is 32.1. The number of aromatic nitrogens is 3. The van der Waals surface area contributed by atoms with Gasteiger partial charge < -0.3 is 20.1 Å². The number of ether oxygens (including phenoxy) is 1. The van der Waals surface area contributed by atoms with Crippen molar-refractivity contribution in [1.29, 1.82) is 0 Å². The minimum Gasteiger partial charge on any atom is -0.381 e. The standard InChI is InChI=1S/C24H27N5O3S/c1-23(8-11-32-15-23)14-26-22-25-9-6-18(28-22)19-13-33-20(27-19)16-4-3-5-17(12-16)24(31)7-10-29(2)21(24)30/h3-6,9,12-13,31H,7-8,10-11,14-15H2,1-2H3,(H,25,26,28)/t23-,24-/m1/s1. The zero-order valence-electron chi connectivity index (χ0n) is 18.7. The molecule has 2 fully saturated rings. The molecule has 0 saturated carbocycles. The van der Waals surface area contributed by atoms with Crippen LogP contribution in [-0.2, 0) is 15.1 Å². The van der Waals surface area contributed by atoms with Gasteiger partial charge in [0.2, 0.25) is 5.95 Å². The number of carbonyl (C=O) groups is 1. The van der Waals surface area contributed by atoms with E-state index in [1.54, 1.807) is 24.2 Å². The first-order valence-corrected chi connectivity index (χ1v) is 11.9. The Balaban J connectivity index is 1.35. The van der Waals surface area contributed by atoms with Crippen molar-refractivity contribution in [3.05, 3.63) is 47.5 Å². The number of nitrogens with one attached hydrogen (secondary N) is 1. The Morgan fingerprint density at radius 3 is 2.88 bits per heavy atom. The van der Waals surface area contributed by atoms with Crippen molar-refractivity contribution in [2.75, 3.05) is 38.7 Å². The fraction of sp³-hybridized carbons (Fsp3) is 0.417. The molecule has 33 heavy (non-hydrogen) atoms. The molecule has 1 aromatic carbocycles. The summed E-state index contributed by atoms with van der Waals surface area (Å²) in [6, 6.07) is 9.30. The summed E-state index contributed by atoms with van der Waals surface area (Å²) in [4.78, 5) is 27.8. The number of nitrogens with zero attached hydrogens (tertiary/aromatic N) is 4. The predicted octanol–water partition coefficient (Wildman–Crippen LogP) is 3.16. The lowest BCUT2D eigenvalue weighted by Gasteiger charge is -2.21. The molecule has 172 valence electrons. The van der Waals surface area contributed by atoms with E-state index in [9.17, 15) is 9.90 Å². The van der Waals surface area contributed by atoms with E-state index in [-0.39, 0.29) is 11.3 Å². The van der Waals surface area contributed by atoms with E-state index in [1.807, 2.05) is 29.6 Å². The summed E-state index contributed by atoms with van der Waals surface area (Å²) < 4.78 is 5.52. The molecule has 2 aliphatic heterocycles.